The molecule has 1 amide bonds. The van der Waals surface area contributed by atoms with Gasteiger partial charge in [0.25, 0.3) is 11.5 Å². The van der Waals surface area contributed by atoms with Gasteiger partial charge in [0.05, 0.1) is 11.4 Å². The van der Waals surface area contributed by atoms with E-state index in [1.807, 2.05) is 61.5 Å². The van der Waals surface area contributed by atoms with E-state index in [9.17, 15) is 14.9 Å². The van der Waals surface area contributed by atoms with Gasteiger partial charge in [-0.25, -0.2) is 0 Å². The minimum atomic E-state index is -0.354. The Balaban J connectivity index is 1.71. The highest BCUT2D eigenvalue weighted by Gasteiger charge is 2.33. The number of nitrogens with one attached hydrogen (secondary N) is 1. The molecule has 0 unspecified atom stereocenters. The molecule has 9 heteroatoms. The van der Waals surface area contributed by atoms with Gasteiger partial charge in [0, 0.05) is 23.7 Å². The normalized spacial score (nSPS) is 14.3. The number of carbonyl (C=O) groups is 1. The molecule has 1 aliphatic heterocycles. The van der Waals surface area contributed by atoms with Crippen molar-refractivity contribution >= 4 is 57.7 Å². The predicted molar refractivity (Wildman–Crippen MR) is 155 cm³/mol. The van der Waals surface area contributed by atoms with Crippen molar-refractivity contribution in [2.24, 2.45) is 0 Å². The zero-order valence-corrected chi connectivity index (χ0v) is 22.8. The third-order valence-electron chi connectivity index (χ3n) is 6.18. The molecule has 37 heavy (non-hydrogen) atoms. The van der Waals surface area contributed by atoms with Crippen molar-refractivity contribution < 1.29 is 4.79 Å². The summed E-state index contributed by atoms with van der Waals surface area (Å²) in [6.45, 7) is 4.80. The number of pyridine rings is 1. The van der Waals surface area contributed by atoms with Crippen molar-refractivity contribution in [1.29, 1.82) is 5.26 Å². The van der Waals surface area contributed by atoms with Crippen LogP contribution in [0.15, 0.2) is 64.3 Å². The van der Waals surface area contributed by atoms with E-state index in [1.165, 1.54) is 16.7 Å². The summed E-state index contributed by atoms with van der Waals surface area (Å²) in [7, 11) is 0. The fourth-order valence-electron chi connectivity index (χ4n) is 4.19. The number of rotatable bonds is 8. The summed E-state index contributed by atoms with van der Waals surface area (Å²) in [4.78, 5) is 28.4. The zero-order valence-electron chi connectivity index (χ0n) is 20.5. The Bertz CT molecular complexity index is 1490. The van der Waals surface area contributed by atoms with Gasteiger partial charge in [0.1, 0.15) is 21.8 Å². The van der Waals surface area contributed by atoms with Crippen molar-refractivity contribution in [2.75, 3.05) is 11.9 Å². The van der Waals surface area contributed by atoms with E-state index in [4.69, 9.17) is 23.8 Å². The largest absolute Gasteiger partial charge is 0.371 e. The molecule has 0 aliphatic carbocycles. The molecule has 0 spiro atoms. The number of hydrogen-bond donors (Lipinski definition) is 1. The number of halogens is 1. The summed E-state index contributed by atoms with van der Waals surface area (Å²) >= 11 is 13.0. The highest BCUT2D eigenvalue weighted by atomic mass is 35.5. The van der Waals surface area contributed by atoms with E-state index in [-0.39, 0.29) is 23.6 Å². The van der Waals surface area contributed by atoms with Gasteiger partial charge in [-0.05, 0) is 49.1 Å². The number of carbonyl (C=O) groups excluding carboxylic acids is 1. The van der Waals surface area contributed by atoms with Crippen molar-refractivity contribution in [3.63, 3.8) is 0 Å². The Morgan fingerprint density at radius 3 is 2.51 bits per heavy atom. The van der Waals surface area contributed by atoms with Crippen molar-refractivity contribution in [1.82, 2.24) is 9.47 Å². The predicted octanol–water partition coefficient (Wildman–Crippen LogP) is 5.76. The van der Waals surface area contributed by atoms with Gasteiger partial charge in [0.2, 0.25) is 0 Å². The average molecular weight is 549 g/mol. The summed E-state index contributed by atoms with van der Waals surface area (Å²) in [5.41, 5.74) is 2.82. The lowest BCUT2D eigenvalue weighted by atomic mass is 10.0. The number of nitriles is 1. The standard InChI is InChI=1S/C28H25ClN4O2S2/c1-3-32-25(31-14-13-19-9-5-4-6-10-19)21(18(2)22(16-30)26(32)34)15-24-27(35)33(28(36)37-24)17-20-11-7-8-12-23(20)29/h4-12,15,31H,3,13-14,17H2,1-2H3/b24-15+. The molecule has 1 aliphatic rings. The van der Waals surface area contributed by atoms with Gasteiger partial charge in [-0.15, -0.1) is 0 Å². The molecule has 1 fully saturated rings. The van der Waals surface area contributed by atoms with Gasteiger partial charge in [-0.3, -0.25) is 19.1 Å². The Labute approximate surface area is 230 Å². The summed E-state index contributed by atoms with van der Waals surface area (Å²) in [5, 5.41) is 13.7. The molecule has 1 aromatic heterocycles. The van der Waals surface area contributed by atoms with Crippen LogP contribution in [0.2, 0.25) is 5.02 Å². The first-order chi connectivity index (χ1) is 17.8. The topological polar surface area (TPSA) is 78.1 Å². The zero-order chi connectivity index (χ0) is 26.5. The highest BCUT2D eigenvalue weighted by molar-refractivity contribution is 8.26. The number of aromatic nitrogens is 1. The minimum Gasteiger partial charge on any atom is -0.371 e. The number of hydrogen-bond acceptors (Lipinski definition) is 6. The Morgan fingerprint density at radius 1 is 1.14 bits per heavy atom. The first-order valence-electron chi connectivity index (χ1n) is 11.8. The molecule has 0 saturated carbocycles. The molecule has 4 rings (SSSR count). The van der Waals surface area contributed by atoms with E-state index in [0.717, 1.165) is 17.5 Å². The van der Waals surface area contributed by atoms with E-state index >= 15 is 0 Å². The Hall–Kier alpha value is -3.38. The van der Waals surface area contributed by atoms with Crippen LogP contribution in [0.1, 0.15) is 34.7 Å². The molecule has 188 valence electrons. The lowest BCUT2D eigenvalue weighted by Crippen LogP contribution is -2.28. The van der Waals surface area contributed by atoms with Crippen LogP contribution in [0.3, 0.4) is 0 Å². The second-order valence-electron chi connectivity index (χ2n) is 8.45. The maximum absolute atomic E-state index is 13.4. The van der Waals surface area contributed by atoms with E-state index in [2.05, 4.69) is 5.32 Å². The molecule has 1 N–H and O–H groups in total. The number of anilines is 1. The molecular weight excluding hydrogens is 524 g/mol. The maximum atomic E-state index is 13.4. The molecule has 0 bridgehead atoms. The summed E-state index contributed by atoms with van der Waals surface area (Å²) in [6.07, 6.45) is 2.48. The second-order valence-corrected chi connectivity index (χ2v) is 10.5. The van der Waals surface area contributed by atoms with Crippen LogP contribution in [-0.4, -0.2) is 26.2 Å². The fourth-order valence-corrected chi connectivity index (χ4v) is 5.62. The van der Waals surface area contributed by atoms with Crippen LogP contribution in [-0.2, 0) is 24.3 Å². The van der Waals surface area contributed by atoms with Crippen LogP contribution in [0, 0.1) is 18.3 Å². The minimum absolute atomic E-state index is 0.0632. The fraction of sp³-hybridized carbons (Fsp3) is 0.214. The monoisotopic (exact) mass is 548 g/mol. The van der Waals surface area contributed by atoms with Gasteiger partial charge in [-0.1, -0.05) is 84.1 Å². The molecular formula is C28H25ClN4O2S2. The second kappa shape index (κ2) is 11.8. The number of thioether (sulfide) groups is 1. The van der Waals surface area contributed by atoms with Gasteiger partial charge in [-0.2, -0.15) is 5.26 Å². The van der Waals surface area contributed by atoms with Crippen LogP contribution in [0.4, 0.5) is 5.82 Å². The molecule has 0 atom stereocenters. The maximum Gasteiger partial charge on any atom is 0.270 e. The van der Waals surface area contributed by atoms with Gasteiger partial charge >= 0.3 is 0 Å². The first-order valence-corrected chi connectivity index (χ1v) is 13.4. The summed E-state index contributed by atoms with van der Waals surface area (Å²) in [5.74, 6) is 0.341. The molecule has 3 aromatic rings. The molecule has 2 aromatic carbocycles. The lowest BCUT2D eigenvalue weighted by molar-refractivity contribution is -0.122. The van der Waals surface area contributed by atoms with Crippen LogP contribution >= 0.6 is 35.6 Å². The molecule has 1 saturated heterocycles. The number of thiocarbonyl (C=S) groups is 1. The van der Waals surface area contributed by atoms with Crippen molar-refractivity contribution in [2.45, 2.75) is 33.4 Å². The average Bonchev–Trinajstić information content (AvgIpc) is 3.16. The number of nitrogens with zero attached hydrogens (tertiary/aromatic N) is 3. The summed E-state index contributed by atoms with van der Waals surface area (Å²) in [6, 6.07) is 19.4. The quantitative estimate of drug-likeness (QED) is 0.285. The van der Waals surface area contributed by atoms with Crippen molar-refractivity contribution in [3.05, 3.63) is 103 Å². The van der Waals surface area contributed by atoms with Gasteiger partial charge in [0.15, 0.2) is 0 Å². The molecule has 6 nitrogen and oxygen atoms in total. The van der Waals surface area contributed by atoms with E-state index in [1.54, 1.807) is 23.6 Å². The SMILES string of the molecule is CCn1c(NCCc2ccccc2)c(/C=C2/SC(=S)N(Cc3ccccc3Cl)C2=O)c(C)c(C#N)c1=O. The Morgan fingerprint density at radius 2 is 1.84 bits per heavy atom. The molecule has 2 heterocycles. The van der Waals surface area contributed by atoms with Crippen LogP contribution < -0.4 is 10.9 Å². The molecule has 0 radical (unpaired) electrons. The van der Waals surface area contributed by atoms with Gasteiger partial charge < -0.3 is 5.32 Å². The summed E-state index contributed by atoms with van der Waals surface area (Å²) < 4.78 is 1.98. The van der Waals surface area contributed by atoms with E-state index < -0.39 is 0 Å². The van der Waals surface area contributed by atoms with Crippen LogP contribution in [0.5, 0.6) is 0 Å². The smallest absolute Gasteiger partial charge is 0.270 e. The van der Waals surface area contributed by atoms with E-state index in [0.29, 0.717) is 44.3 Å². The number of benzene rings is 2. The highest BCUT2D eigenvalue weighted by Crippen LogP contribution is 2.36. The third kappa shape index (κ3) is 5.64. The van der Waals surface area contributed by atoms with Crippen LogP contribution in [0.25, 0.3) is 6.08 Å². The van der Waals surface area contributed by atoms with Crippen molar-refractivity contribution in [3.8, 4) is 6.07 Å². The first kappa shape index (κ1) is 26.7. The Kier molecular flexibility index (Phi) is 8.49. The lowest BCUT2D eigenvalue weighted by Gasteiger charge is -2.19. The third-order valence-corrected chi connectivity index (χ3v) is 7.92. The number of amides is 1.